The first kappa shape index (κ1) is 27.7. The standard InChI is InChI=1S/C28H38O8/c29-25(33-19-27(31)35-23-10-3-1-4-11-23)16-14-21-8-7-9-22(18-21)15-17-26(30)34-20-28(32)36-24-12-5-2-6-13-24/h7-9,18,23-24H,1-6,10-17,19-20H2. The third kappa shape index (κ3) is 10.8. The molecule has 0 aliphatic heterocycles. The lowest BCUT2D eigenvalue weighted by atomic mass is 9.98. The monoisotopic (exact) mass is 502 g/mol. The van der Waals surface area contributed by atoms with Gasteiger partial charge in [-0.3, -0.25) is 9.59 Å². The van der Waals surface area contributed by atoms with Gasteiger partial charge in [0, 0.05) is 12.8 Å². The van der Waals surface area contributed by atoms with Gasteiger partial charge >= 0.3 is 23.9 Å². The van der Waals surface area contributed by atoms with Crippen molar-refractivity contribution in [3.8, 4) is 0 Å². The summed E-state index contributed by atoms with van der Waals surface area (Å²) in [6.07, 6.45) is 11.2. The van der Waals surface area contributed by atoms with E-state index >= 15 is 0 Å². The highest BCUT2D eigenvalue weighted by Crippen LogP contribution is 2.21. The predicted octanol–water partition coefficient (Wildman–Crippen LogP) is 4.39. The number of benzene rings is 1. The Balaban J connectivity index is 1.29. The molecule has 0 atom stereocenters. The van der Waals surface area contributed by atoms with Crippen LogP contribution in [0.4, 0.5) is 0 Å². The van der Waals surface area contributed by atoms with E-state index < -0.39 is 23.9 Å². The smallest absolute Gasteiger partial charge is 0.344 e. The highest BCUT2D eigenvalue weighted by molar-refractivity contribution is 5.77. The Labute approximate surface area is 213 Å². The first-order valence-corrected chi connectivity index (χ1v) is 13.3. The molecule has 3 rings (SSSR count). The van der Waals surface area contributed by atoms with Crippen LogP contribution >= 0.6 is 0 Å². The average molecular weight is 503 g/mol. The van der Waals surface area contributed by atoms with Crippen LogP contribution in [0.3, 0.4) is 0 Å². The molecule has 2 aliphatic rings. The van der Waals surface area contributed by atoms with Crippen LogP contribution in [0, 0.1) is 0 Å². The van der Waals surface area contributed by atoms with Gasteiger partial charge in [0.25, 0.3) is 0 Å². The van der Waals surface area contributed by atoms with E-state index in [2.05, 4.69) is 0 Å². The molecule has 0 radical (unpaired) electrons. The molecule has 0 bridgehead atoms. The number of rotatable bonds is 12. The summed E-state index contributed by atoms with van der Waals surface area (Å²) in [6, 6.07) is 7.58. The minimum absolute atomic E-state index is 0.0552. The van der Waals surface area contributed by atoms with Crippen molar-refractivity contribution in [2.45, 2.75) is 102 Å². The Morgan fingerprint density at radius 3 is 1.44 bits per heavy atom. The maximum absolute atomic E-state index is 12.0. The Morgan fingerprint density at radius 1 is 0.611 bits per heavy atom. The summed E-state index contributed by atoms with van der Waals surface area (Å²) in [4.78, 5) is 47.8. The Morgan fingerprint density at radius 2 is 1.03 bits per heavy atom. The maximum atomic E-state index is 12.0. The van der Waals surface area contributed by atoms with E-state index in [0.29, 0.717) is 12.8 Å². The lowest BCUT2D eigenvalue weighted by Gasteiger charge is -2.21. The summed E-state index contributed by atoms with van der Waals surface area (Å²) in [7, 11) is 0. The lowest BCUT2D eigenvalue weighted by Crippen LogP contribution is -2.24. The molecular weight excluding hydrogens is 464 g/mol. The van der Waals surface area contributed by atoms with E-state index in [1.54, 1.807) is 0 Å². The van der Waals surface area contributed by atoms with Gasteiger partial charge in [0.2, 0.25) is 0 Å². The van der Waals surface area contributed by atoms with Crippen LogP contribution in [0.2, 0.25) is 0 Å². The topological polar surface area (TPSA) is 105 Å². The number of esters is 4. The summed E-state index contributed by atoms with van der Waals surface area (Å²) >= 11 is 0. The molecule has 2 aliphatic carbocycles. The number of hydrogen-bond donors (Lipinski definition) is 0. The van der Waals surface area contributed by atoms with Crippen molar-refractivity contribution in [2.75, 3.05) is 13.2 Å². The second-order valence-corrected chi connectivity index (χ2v) is 9.64. The molecule has 0 aromatic heterocycles. The summed E-state index contributed by atoms with van der Waals surface area (Å²) in [5.41, 5.74) is 1.86. The van der Waals surface area contributed by atoms with E-state index in [-0.39, 0.29) is 38.3 Å². The fourth-order valence-corrected chi connectivity index (χ4v) is 4.66. The van der Waals surface area contributed by atoms with Crippen LogP contribution in [0.5, 0.6) is 0 Å². The van der Waals surface area contributed by atoms with Gasteiger partial charge in [0.05, 0.1) is 0 Å². The van der Waals surface area contributed by atoms with E-state index in [0.717, 1.165) is 62.5 Å². The highest BCUT2D eigenvalue weighted by atomic mass is 16.6. The minimum Gasteiger partial charge on any atom is -0.460 e. The van der Waals surface area contributed by atoms with Crippen molar-refractivity contribution in [2.24, 2.45) is 0 Å². The van der Waals surface area contributed by atoms with Gasteiger partial charge in [-0.2, -0.15) is 0 Å². The molecular formula is C28H38O8. The quantitative estimate of drug-likeness (QED) is 0.306. The summed E-state index contributed by atoms with van der Waals surface area (Å²) < 4.78 is 20.8. The van der Waals surface area contributed by atoms with E-state index in [9.17, 15) is 19.2 Å². The third-order valence-electron chi connectivity index (χ3n) is 6.63. The fourth-order valence-electron chi connectivity index (χ4n) is 4.66. The van der Waals surface area contributed by atoms with Gasteiger partial charge in [-0.25, -0.2) is 9.59 Å². The largest absolute Gasteiger partial charge is 0.460 e. The molecule has 1 aromatic rings. The van der Waals surface area contributed by atoms with Crippen molar-refractivity contribution in [3.05, 3.63) is 35.4 Å². The van der Waals surface area contributed by atoms with Crippen LogP contribution < -0.4 is 0 Å². The zero-order chi connectivity index (χ0) is 25.6. The molecule has 0 amide bonds. The molecule has 0 heterocycles. The average Bonchev–Trinajstić information content (AvgIpc) is 2.90. The molecule has 8 nitrogen and oxygen atoms in total. The lowest BCUT2D eigenvalue weighted by molar-refractivity contribution is -0.163. The number of aryl methyl sites for hydroxylation is 2. The fraction of sp³-hybridized carbons (Fsp3) is 0.643. The molecule has 2 fully saturated rings. The highest BCUT2D eigenvalue weighted by Gasteiger charge is 2.20. The Bertz CT molecular complexity index is 801. The van der Waals surface area contributed by atoms with Crippen LogP contribution in [-0.4, -0.2) is 49.3 Å². The molecule has 0 saturated heterocycles. The van der Waals surface area contributed by atoms with Crippen LogP contribution in [0.25, 0.3) is 0 Å². The van der Waals surface area contributed by atoms with Crippen molar-refractivity contribution in [1.82, 2.24) is 0 Å². The maximum Gasteiger partial charge on any atom is 0.344 e. The molecule has 0 unspecified atom stereocenters. The molecule has 1 aromatic carbocycles. The van der Waals surface area contributed by atoms with E-state index in [1.807, 2.05) is 24.3 Å². The molecule has 2 saturated carbocycles. The number of hydrogen-bond acceptors (Lipinski definition) is 8. The molecule has 0 N–H and O–H groups in total. The zero-order valence-electron chi connectivity index (χ0n) is 21.0. The SMILES string of the molecule is O=C(CCc1cccc(CCC(=O)OCC(=O)OC2CCCCC2)c1)OCC(=O)OC1CCCCC1. The van der Waals surface area contributed by atoms with Crippen molar-refractivity contribution >= 4 is 23.9 Å². The van der Waals surface area contributed by atoms with Crippen molar-refractivity contribution in [3.63, 3.8) is 0 Å². The normalized spacial score (nSPS) is 16.7. The van der Waals surface area contributed by atoms with Gasteiger partial charge in [-0.1, -0.05) is 37.1 Å². The second kappa shape index (κ2) is 15.3. The molecule has 0 spiro atoms. The van der Waals surface area contributed by atoms with Crippen LogP contribution in [-0.2, 0) is 51.0 Å². The van der Waals surface area contributed by atoms with Gasteiger partial charge in [0.1, 0.15) is 12.2 Å². The van der Waals surface area contributed by atoms with Gasteiger partial charge in [-0.05, 0) is 75.3 Å². The molecule has 36 heavy (non-hydrogen) atoms. The zero-order valence-corrected chi connectivity index (χ0v) is 21.0. The van der Waals surface area contributed by atoms with Crippen molar-refractivity contribution in [1.29, 1.82) is 0 Å². The minimum atomic E-state index is -0.494. The Kier molecular flexibility index (Phi) is 11.7. The Hall–Kier alpha value is -2.90. The van der Waals surface area contributed by atoms with Crippen LogP contribution in [0.1, 0.15) is 88.2 Å². The second-order valence-electron chi connectivity index (χ2n) is 9.64. The van der Waals surface area contributed by atoms with Gasteiger partial charge in [0.15, 0.2) is 13.2 Å². The summed E-state index contributed by atoms with van der Waals surface area (Å²) in [6.45, 7) is -0.711. The van der Waals surface area contributed by atoms with Crippen molar-refractivity contribution < 1.29 is 38.1 Å². The van der Waals surface area contributed by atoms with Gasteiger partial charge in [-0.15, -0.1) is 0 Å². The first-order valence-electron chi connectivity index (χ1n) is 13.3. The number of ether oxygens (including phenoxy) is 4. The first-order chi connectivity index (χ1) is 17.5. The van der Waals surface area contributed by atoms with E-state index in [1.165, 1.54) is 12.8 Å². The summed E-state index contributed by atoms with van der Waals surface area (Å²) in [5.74, 6) is -1.90. The summed E-state index contributed by atoms with van der Waals surface area (Å²) in [5, 5.41) is 0. The van der Waals surface area contributed by atoms with Gasteiger partial charge < -0.3 is 18.9 Å². The number of carbonyl (C=O) groups excluding carboxylic acids is 4. The number of carbonyl (C=O) groups is 4. The predicted molar refractivity (Wildman–Crippen MR) is 131 cm³/mol. The van der Waals surface area contributed by atoms with Crippen LogP contribution in [0.15, 0.2) is 24.3 Å². The molecule has 198 valence electrons. The third-order valence-corrected chi connectivity index (χ3v) is 6.63. The van der Waals surface area contributed by atoms with E-state index in [4.69, 9.17) is 18.9 Å². The molecule has 8 heteroatoms.